The van der Waals surface area contributed by atoms with Crippen LogP contribution in [0.1, 0.15) is 36.8 Å². The number of carbonyl (C=O) groups is 1. The highest BCUT2D eigenvalue weighted by atomic mass is 16.1. The van der Waals surface area contributed by atoms with Gasteiger partial charge in [-0.1, -0.05) is 42.5 Å². The minimum absolute atomic E-state index is 0.00513. The van der Waals surface area contributed by atoms with Crippen LogP contribution in [0.2, 0.25) is 0 Å². The van der Waals surface area contributed by atoms with Gasteiger partial charge in [-0.15, -0.1) is 0 Å². The summed E-state index contributed by atoms with van der Waals surface area (Å²) < 4.78 is 0. The summed E-state index contributed by atoms with van der Waals surface area (Å²) in [7, 11) is 0. The number of piperidine rings is 1. The van der Waals surface area contributed by atoms with Crippen molar-refractivity contribution in [2.45, 2.75) is 32.1 Å². The van der Waals surface area contributed by atoms with Gasteiger partial charge in [0.2, 0.25) is 12.2 Å². The Kier molecular flexibility index (Phi) is 6.77. The van der Waals surface area contributed by atoms with E-state index < -0.39 is 0 Å². The molecule has 1 amide bonds. The SMILES string of the molecule is CC(C(=O)Nc1cccc(CCN2CCC([C]=O)CC2)c1)c1ccccc1. The molecule has 1 aliphatic heterocycles. The Labute approximate surface area is 161 Å². The lowest BCUT2D eigenvalue weighted by atomic mass is 9.98. The van der Waals surface area contributed by atoms with Crippen LogP contribution in [-0.2, 0) is 16.0 Å². The smallest absolute Gasteiger partial charge is 0.231 e. The number of carbonyl (C=O) groups excluding carboxylic acids is 2. The highest BCUT2D eigenvalue weighted by molar-refractivity contribution is 5.95. The van der Waals surface area contributed by atoms with Crippen LogP contribution in [0.3, 0.4) is 0 Å². The molecule has 0 aliphatic carbocycles. The molecule has 0 saturated carbocycles. The summed E-state index contributed by atoms with van der Waals surface area (Å²) in [4.78, 5) is 25.7. The summed E-state index contributed by atoms with van der Waals surface area (Å²) in [6, 6.07) is 17.9. The van der Waals surface area contributed by atoms with Gasteiger partial charge in [-0.3, -0.25) is 9.59 Å². The average Bonchev–Trinajstić information content (AvgIpc) is 2.73. The van der Waals surface area contributed by atoms with Gasteiger partial charge in [0.05, 0.1) is 5.92 Å². The van der Waals surface area contributed by atoms with Crippen molar-refractivity contribution >= 4 is 17.9 Å². The van der Waals surface area contributed by atoms with Crippen molar-refractivity contribution in [1.29, 1.82) is 0 Å². The lowest BCUT2D eigenvalue weighted by Gasteiger charge is -2.29. The van der Waals surface area contributed by atoms with Crippen molar-refractivity contribution in [3.63, 3.8) is 0 Å². The van der Waals surface area contributed by atoms with Gasteiger partial charge < -0.3 is 10.2 Å². The second kappa shape index (κ2) is 9.47. The molecule has 1 heterocycles. The van der Waals surface area contributed by atoms with Crippen LogP contribution in [0.5, 0.6) is 0 Å². The largest absolute Gasteiger partial charge is 0.326 e. The van der Waals surface area contributed by atoms with E-state index in [4.69, 9.17) is 0 Å². The number of nitrogens with one attached hydrogen (secondary N) is 1. The van der Waals surface area contributed by atoms with E-state index in [1.54, 1.807) is 0 Å². The number of nitrogens with zero attached hydrogens (tertiary/aromatic N) is 1. The molecule has 0 aromatic heterocycles. The van der Waals surface area contributed by atoms with Crippen LogP contribution < -0.4 is 5.32 Å². The van der Waals surface area contributed by atoms with Gasteiger partial charge in [-0.25, -0.2) is 0 Å². The van der Waals surface area contributed by atoms with Gasteiger partial charge in [0.1, 0.15) is 0 Å². The van der Waals surface area contributed by atoms with Gasteiger partial charge in [-0.2, -0.15) is 0 Å². The quantitative estimate of drug-likeness (QED) is 0.814. The zero-order valence-corrected chi connectivity index (χ0v) is 15.9. The minimum atomic E-state index is -0.189. The van der Waals surface area contributed by atoms with Gasteiger partial charge in [0.15, 0.2) is 0 Å². The lowest BCUT2D eigenvalue weighted by molar-refractivity contribution is -0.117. The van der Waals surface area contributed by atoms with Crippen molar-refractivity contribution in [3.05, 3.63) is 65.7 Å². The van der Waals surface area contributed by atoms with Gasteiger partial charge in [0, 0.05) is 18.2 Å². The molecule has 0 bridgehead atoms. The molecule has 27 heavy (non-hydrogen) atoms. The molecule has 141 valence electrons. The zero-order chi connectivity index (χ0) is 19.1. The first-order chi connectivity index (χ1) is 13.2. The van der Waals surface area contributed by atoms with Crippen LogP contribution in [0.4, 0.5) is 5.69 Å². The number of amides is 1. The minimum Gasteiger partial charge on any atom is -0.326 e. The lowest BCUT2D eigenvalue weighted by Crippen LogP contribution is -2.35. The zero-order valence-electron chi connectivity index (χ0n) is 15.9. The summed E-state index contributed by atoms with van der Waals surface area (Å²) >= 11 is 0. The summed E-state index contributed by atoms with van der Waals surface area (Å²) in [6.07, 6.45) is 4.89. The van der Waals surface area contributed by atoms with Crippen LogP contribution in [-0.4, -0.2) is 36.7 Å². The van der Waals surface area contributed by atoms with Crippen molar-refractivity contribution in [2.75, 3.05) is 25.0 Å². The molecule has 1 aliphatic rings. The first kappa shape index (κ1) is 19.3. The monoisotopic (exact) mass is 363 g/mol. The first-order valence-corrected chi connectivity index (χ1v) is 9.70. The predicted molar refractivity (Wildman–Crippen MR) is 108 cm³/mol. The van der Waals surface area contributed by atoms with Crippen LogP contribution in [0.25, 0.3) is 0 Å². The highest BCUT2D eigenvalue weighted by Gasteiger charge is 2.19. The van der Waals surface area contributed by atoms with E-state index in [0.717, 1.165) is 50.1 Å². The molecule has 2 aromatic rings. The molecule has 1 radical (unpaired) electrons. The maximum absolute atomic E-state index is 12.5. The average molecular weight is 363 g/mol. The first-order valence-electron chi connectivity index (χ1n) is 9.70. The van der Waals surface area contributed by atoms with E-state index >= 15 is 0 Å². The summed E-state index contributed by atoms with van der Waals surface area (Å²) in [6.45, 7) is 4.83. The molecule has 4 nitrogen and oxygen atoms in total. The van der Waals surface area contributed by atoms with E-state index in [1.165, 1.54) is 5.56 Å². The molecule has 1 saturated heterocycles. The second-order valence-electron chi connectivity index (χ2n) is 7.31. The summed E-state index contributed by atoms with van der Waals surface area (Å²) in [5.41, 5.74) is 3.07. The van der Waals surface area contributed by atoms with Gasteiger partial charge >= 0.3 is 0 Å². The Bertz CT molecular complexity index is 752. The number of hydrogen-bond acceptors (Lipinski definition) is 3. The Balaban J connectivity index is 1.53. The van der Waals surface area contributed by atoms with E-state index in [1.807, 2.05) is 49.4 Å². The fourth-order valence-electron chi connectivity index (χ4n) is 3.51. The third kappa shape index (κ3) is 5.51. The number of rotatable bonds is 7. The molecule has 1 N–H and O–H groups in total. The normalized spacial score (nSPS) is 16.6. The molecule has 1 fully saturated rings. The number of likely N-dealkylation sites (tertiary alicyclic amines) is 1. The van der Waals surface area contributed by atoms with Gasteiger partial charge in [-0.05, 0) is 62.5 Å². The van der Waals surface area contributed by atoms with E-state index in [2.05, 4.69) is 28.6 Å². The highest BCUT2D eigenvalue weighted by Crippen LogP contribution is 2.19. The van der Waals surface area contributed by atoms with Crippen LogP contribution in [0.15, 0.2) is 54.6 Å². The standard InChI is InChI=1S/C23H27N2O2/c1-18(21-7-3-2-4-8-21)23(27)24-22-9-5-6-19(16-22)10-13-25-14-11-20(17-26)12-15-25/h2-9,16,18,20H,10-15H2,1H3,(H,24,27). The Morgan fingerprint density at radius 1 is 1.15 bits per heavy atom. The Morgan fingerprint density at radius 2 is 1.89 bits per heavy atom. The van der Waals surface area contributed by atoms with E-state index in [-0.39, 0.29) is 17.7 Å². The molecule has 1 unspecified atom stereocenters. The van der Waals surface area contributed by atoms with Crippen molar-refractivity contribution in [3.8, 4) is 0 Å². The summed E-state index contributed by atoms with van der Waals surface area (Å²) in [5, 5.41) is 3.04. The van der Waals surface area contributed by atoms with E-state index in [0.29, 0.717) is 0 Å². The molecule has 3 rings (SSSR count). The number of anilines is 1. The van der Waals surface area contributed by atoms with Crippen molar-refractivity contribution in [2.24, 2.45) is 5.92 Å². The molecular formula is C23H27N2O2. The molecule has 1 atom stereocenters. The fraction of sp³-hybridized carbons (Fsp3) is 0.391. The second-order valence-corrected chi connectivity index (χ2v) is 7.31. The molecule has 4 heteroatoms. The van der Waals surface area contributed by atoms with Crippen LogP contribution >= 0.6 is 0 Å². The predicted octanol–water partition coefficient (Wildman–Crippen LogP) is 3.79. The molecule has 2 aromatic carbocycles. The topological polar surface area (TPSA) is 49.4 Å². The van der Waals surface area contributed by atoms with Crippen molar-refractivity contribution in [1.82, 2.24) is 4.90 Å². The molecule has 0 spiro atoms. The van der Waals surface area contributed by atoms with E-state index in [9.17, 15) is 9.59 Å². The third-order valence-electron chi connectivity index (χ3n) is 5.36. The molecular weight excluding hydrogens is 336 g/mol. The Morgan fingerprint density at radius 3 is 2.59 bits per heavy atom. The number of benzene rings is 2. The fourth-order valence-corrected chi connectivity index (χ4v) is 3.51. The summed E-state index contributed by atoms with van der Waals surface area (Å²) in [5.74, 6) is -0.0669. The third-order valence-corrected chi connectivity index (χ3v) is 5.36. The van der Waals surface area contributed by atoms with Crippen LogP contribution in [0, 0.1) is 5.92 Å². The van der Waals surface area contributed by atoms with Gasteiger partial charge in [0.25, 0.3) is 0 Å². The maximum Gasteiger partial charge on any atom is 0.231 e. The van der Waals surface area contributed by atoms with Crippen molar-refractivity contribution < 1.29 is 9.59 Å². The maximum atomic E-state index is 12.5. The Hall–Kier alpha value is -2.46. The number of hydrogen-bond donors (Lipinski definition) is 1.